The topological polar surface area (TPSA) is 112 Å². The van der Waals surface area contributed by atoms with Gasteiger partial charge in [0, 0.05) is 42.8 Å². The molecule has 274 valence electrons. The second-order valence-electron chi connectivity index (χ2n) is 13.0. The van der Waals surface area contributed by atoms with Gasteiger partial charge in [-0.3, -0.25) is 0 Å². The molecule has 0 aromatic heterocycles. The van der Waals surface area contributed by atoms with Gasteiger partial charge in [0.15, 0.2) is 0 Å². The highest BCUT2D eigenvalue weighted by Crippen LogP contribution is 2.30. The summed E-state index contributed by atoms with van der Waals surface area (Å²) in [5.41, 5.74) is 1.03. The number of benzene rings is 1. The van der Waals surface area contributed by atoms with Gasteiger partial charge in [0.1, 0.15) is 24.1 Å². The van der Waals surface area contributed by atoms with Gasteiger partial charge < -0.3 is 38.4 Å². The minimum Gasteiger partial charge on any atom is -0.488 e. The average Bonchev–Trinajstić information content (AvgIpc) is 3.08. The van der Waals surface area contributed by atoms with E-state index in [-0.39, 0.29) is 13.0 Å². The molecule has 1 aliphatic rings. The molecule has 8 nitrogen and oxygen atoms in total. The number of nitrogens with zero attached hydrogens (tertiary/aromatic N) is 1. The lowest BCUT2D eigenvalue weighted by atomic mass is 9.81. The van der Waals surface area contributed by atoms with Crippen LogP contribution < -0.4 is 9.64 Å². The first-order valence-electron chi connectivity index (χ1n) is 18.7. The number of unbranched alkanes of at least 4 members (excludes halogenated alkanes) is 14. The van der Waals surface area contributed by atoms with Gasteiger partial charge in [0.25, 0.3) is 0 Å². The molecule has 1 aromatic carbocycles. The van der Waals surface area contributed by atoms with Crippen LogP contribution in [0.4, 0.5) is 5.69 Å². The number of hydrogen-bond donors (Lipinski definition) is 4. The molecule has 10 heteroatoms. The number of anilines is 1. The van der Waals surface area contributed by atoms with Crippen LogP contribution in [-0.2, 0) is 8.37 Å². The van der Waals surface area contributed by atoms with E-state index >= 15 is 0 Å². The number of aliphatic hydroxyl groups is 4. The van der Waals surface area contributed by atoms with Gasteiger partial charge >= 0.3 is 0 Å². The maximum Gasteiger partial charge on any atom is 0.128 e. The van der Waals surface area contributed by atoms with Crippen LogP contribution in [0.5, 0.6) is 5.75 Å². The lowest BCUT2D eigenvalue weighted by Crippen LogP contribution is -2.56. The Morgan fingerprint density at radius 3 is 1.57 bits per heavy atom. The monoisotopic (exact) mass is 701 g/mol. The Morgan fingerprint density at radius 1 is 0.638 bits per heavy atom. The highest BCUT2D eigenvalue weighted by Gasteiger charge is 2.43. The summed E-state index contributed by atoms with van der Waals surface area (Å²) in [6, 6.07) is 7.69. The van der Waals surface area contributed by atoms with Gasteiger partial charge in [0.2, 0.25) is 0 Å². The molecule has 1 aliphatic carbocycles. The first-order chi connectivity index (χ1) is 23.0. The summed E-state index contributed by atoms with van der Waals surface area (Å²) in [6.07, 6.45) is 16.8. The van der Waals surface area contributed by atoms with Crippen molar-refractivity contribution in [1.29, 1.82) is 0 Å². The lowest BCUT2D eigenvalue weighted by Gasteiger charge is -2.39. The zero-order valence-corrected chi connectivity index (χ0v) is 31.1. The Labute approximate surface area is 295 Å². The molecule has 0 bridgehead atoms. The van der Waals surface area contributed by atoms with Crippen molar-refractivity contribution >= 4 is 29.8 Å². The SMILES string of the molecule is CCCCCCCCCCSOCCN(CCOSCCCCCCCCCC)c1ccc(OC2C[C@@H](CO)C(O)C(O)C2O)cc1. The summed E-state index contributed by atoms with van der Waals surface area (Å²) in [5, 5.41) is 40.3. The van der Waals surface area contributed by atoms with Crippen molar-refractivity contribution in [3.05, 3.63) is 24.3 Å². The fourth-order valence-corrected chi connectivity index (χ4v) is 7.24. The molecule has 1 fully saturated rings. The van der Waals surface area contributed by atoms with Gasteiger partial charge in [-0.25, -0.2) is 0 Å². The van der Waals surface area contributed by atoms with Crippen LogP contribution in [-0.4, -0.2) is 89.3 Å². The third-order valence-electron chi connectivity index (χ3n) is 9.04. The van der Waals surface area contributed by atoms with Crippen LogP contribution in [0.15, 0.2) is 24.3 Å². The molecule has 5 atom stereocenters. The fraction of sp³-hybridized carbons (Fsp3) is 0.838. The third kappa shape index (κ3) is 18.7. The molecule has 1 saturated carbocycles. The van der Waals surface area contributed by atoms with Gasteiger partial charge in [-0.1, -0.05) is 104 Å². The highest BCUT2D eigenvalue weighted by atomic mass is 32.2. The second-order valence-corrected chi connectivity index (χ2v) is 14.8. The van der Waals surface area contributed by atoms with Crippen molar-refractivity contribution in [2.24, 2.45) is 5.92 Å². The molecular weight excluding hydrogens is 635 g/mol. The van der Waals surface area contributed by atoms with E-state index in [1.165, 1.54) is 103 Å². The van der Waals surface area contributed by atoms with Crippen molar-refractivity contribution in [2.45, 2.75) is 147 Å². The van der Waals surface area contributed by atoms with Gasteiger partial charge in [-0.05, 0) is 67.6 Å². The molecule has 0 spiro atoms. The van der Waals surface area contributed by atoms with E-state index in [9.17, 15) is 20.4 Å². The lowest BCUT2D eigenvalue weighted by molar-refractivity contribution is -0.156. The summed E-state index contributed by atoms with van der Waals surface area (Å²) >= 11 is 3.14. The fourth-order valence-electron chi connectivity index (χ4n) is 5.98. The second kappa shape index (κ2) is 28.0. The minimum atomic E-state index is -1.36. The van der Waals surface area contributed by atoms with Crippen molar-refractivity contribution in [3.63, 3.8) is 0 Å². The van der Waals surface area contributed by atoms with Crippen molar-refractivity contribution in [2.75, 3.05) is 49.3 Å². The van der Waals surface area contributed by atoms with Crippen LogP contribution in [0.2, 0.25) is 0 Å². The summed E-state index contributed by atoms with van der Waals surface area (Å²) in [5.74, 6) is 2.06. The molecule has 4 N–H and O–H groups in total. The third-order valence-corrected chi connectivity index (χ3v) is 10.6. The van der Waals surface area contributed by atoms with E-state index in [1.807, 2.05) is 24.3 Å². The smallest absolute Gasteiger partial charge is 0.128 e. The number of aliphatic hydroxyl groups excluding tert-OH is 4. The number of rotatable bonds is 30. The molecule has 47 heavy (non-hydrogen) atoms. The zero-order valence-electron chi connectivity index (χ0n) is 29.4. The maximum absolute atomic E-state index is 10.5. The van der Waals surface area contributed by atoms with Crippen LogP contribution in [0.1, 0.15) is 123 Å². The Bertz CT molecular complexity index is 822. The Morgan fingerprint density at radius 2 is 1.11 bits per heavy atom. The predicted molar refractivity (Wildman–Crippen MR) is 198 cm³/mol. The van der Waals surface area contributed by atoms with Crippen molar-refractivity contribution < 1.29 is 33.5 Å². The molecule has 1 aromatic rings. The van der Waals surface area contributed by atoms with E-state index < -0.39 is 30.3 Å². The van der Waals surface area contributed by atoms with Gasteiger partial charge in [-0.2, -0.15) is 0 Å². The Balaban J connectivity index is 1.76. The van der Waals surface area contributed by atoms with E-state index in [4.69, 9.17) is 13.1 Å². The molecule has 0 radical (unpaired) electrons. The van der Waals surface area contributed by atoms with Crippen LogP contribution in [0.3, 0.4) is 0 Å². The number of ether oxygens (including phenoxy) is 1. The molecular formula is C37H67NO7S2. The van der Waals surface area contributed by atoms with E-state index in [1.54, 1.807) is 24.1 Å². The van der Waals surface area contributed by atoms with E-state index in [2.05, 4.69) is 18.7 Å². The quantitative estimate of drug-likeness (QED) is 0.0466. The molecule has 0 amide bonds. The van der Waals surface area contributed by atoms with Gasteiger partial charge in [0.05, 0.1) is 19.3 Å². The molecule has 2 rings (SSSR count). The molecule has 0 heterocycles. The summed E-state index contributed by atoms with van der Waals surface area (Å²) in [6.45, 7) is 6.94. The molecule has 0 aliphatic heterocycles. The van der Waals surface area contributed by atoms with Crippen molar-refractivity contribution in [1.82, 2.24) is 0 Å². The first-order valence-corrected chi connectivity index (χ1v) is 20.5. The van der Waals surface area contributed by atoms with Crippen LogP contribution in [0.25, 0.3) is 0 Å². The maximum atomic E-state index is 10.5. The Hall–Kier alpha value is -0.720. The van der Waals surface area contributed by atoms with Crippen LogP contribution in [0, 0.1) is 5.92 Å². The predicted octanol–water partition coefficient (Wildman–Crippen LogP) is 7.95. The average molecular weight is 702 g/mol. The van der Waals surface area contributed by atoms with Crippen molar-refractivity contribution in [3.8, 4) is 5.75 Å². The zero-order chi connectivity index (χ0) is 34.0. The summed E-state index contributed by atoms with van der Waals surface area (Å²) in [7, 11) is 0. The van der Waals surface area contributed by atoms with E-state index in [0.717, 1.165) is 30.3 Å². The summed E-state index contributed by atoms with van der Waals surface area (Å²) in [4.78, 5) is 2.26. The standard InChI is InChI=1S/C37H67NO7S2/c1-3-5-7-9-11-13-15-17-27-46-43-25-23-38(24-26-44-47-28-18-16-14-12-10-8-6-4-2)32-19-21-33(22-20-32)45-34-29-31(30-39)35(40)37(42)36(34)41/h19-22,31,34-37,39-42H,3-18,23-30H2,1-2H3/t31-,34?,35?,36?,37?/m0/s1. The summed E-state index contributed by atoms with van der Waals surface area (Å²) < 4.78 is 17.9. The van der Waals surface area contributed by atoms with E-state index in [0.29, 0.717) is 19.0 Å². The largest absolute Gasteiger partial charge is 0.488 e. The minimum absolute atomic E-state index is 0.256. The first kappa shape index (κ1) is 42.4. The Kier molecular flexibility index (Phi) is 25.3. The highest BCUT2D eigenvalue weighted by molar-refractivity contribution is 7.94. The van der Waals surface area contributed by atoms with Crippen LogP contribution >= 0.6 is 24.1 Å². The normalized spacial score (nSPS) is 21.3. The number of hydrogen-bond acceptors (Lipinski definition) is 10. The molecule has 4 unspecified atom stereocenters. The molecule has 0 saturated heterocycles. The van der Waals surface area contributed by atoms with Gasteiger partial charge in [-0.15, -0.1) is 0 Å².